The summed E-state index contributed by atoms with van der Waals surface area (Å²) >= 11 is 1.65. The molecule has 3 aliphatic heterocycles. The summed E-state index contributed by atoms with van der Waals surface area (Å²) in [5, 5.41) is 16.6. The van der Waals surface area contributed by atoms with Gasteiger partial charge in [0, 0.05) is 17.0 Å². The SMILES string of the molecule is Cc1cccc(C)c1NC(=O)C1N([C@@H](CO)C(C)C)C(=O)[C@@H]2[C@@H](C(=O)NCc3ccccc3)[C@@]3(C)CCC12S3. The number of rotatable bonds is 8. The zero-order valence-corrected chi connectivity index (χ0v) is 24.2. The van der Waals surface area contributed by atoms with Gasteiger partial charge in [-0.05, 0) is 56.2 Å². The third kappa shape index (κ3) is 4.45. The number of carbonyl (C=O) groups excluding carboxylic acids is 3. The van der Waals surface area contributed by atoms with Gasteiger partial charge in [0.2, 0.25) is 17.7 Å². The second kappa shape index (κ2) is 10.3. The van der Waals surface area contributed by atoms with Gasteiger partial charge in [-0.3, -0.25) is 14.4 Å². The molecule has 0 saturated carbocycles. The van der Waals surface area contributed by atoms with Crippen molar-refractivity contribution in [1.82, 2.24) is 10.2 Å². The normalized spacial score (nSPS) is 30.0. The van der Waals surface area contributed by atoms with E-state index < -0.39 is 33.4 Å². The lowest BCUT2D eigenvalue weighted by atomic mass is 9.66. The van der Waals surface area contributed by atoms with E-state index >= 15 is 0 Å². The number of thioether (sulfide) groups is 1. The molecule has 3 heterocycles. The van der Waals surface area contributed by atoms with Crippen LogP contribution >= 0.6 is 11.8 Å². The highest BCUT2D eigenvalue weighted by Gasteiger charge is 2.77. The molecular formula is C31H39N3O4S. The second-order valence-electron chi connectivity index (χ2n) is 11.9. The summed E-state index contributed by atoms with van der Waals surface area (Å²) in [5.74, 6) is -1.83. The van der Waals surface area contributed by atoms with Crippen molar-refractivity contribution in [2.45, 2.75) is 75.6 Å². The molecule has 2 aromatic rings. The summed E-state index contributed by atoms with van der Waals surface area (Å²) < 4.78 is -1.18. The number of amides is 3. The number of likely N-dealkylation sites (tertiary alicyclic amines) is 1. The highest BCUT2D eigenvalue weighted by molar-refractivity contribution is 8.02. The average Bonchev–Trinajstić information content (AvgIpc) is 3.47. The summed E-state index contributed by atoms with van der Waals surface area (Å²) in [6.07, 6.45) is 1.42. The van der Waals surface area contributed by atoms with Crippen molar-refractivity contribution in [2.24, 2.45) is 17.8 Å². The molecule has 3 N–H and O–H groups in total. The molecule has 6 atom stereocenters. The molecule has 8 heteroatoms. The molecule has 2 unspecified atom stereocenters. The average molecular weight is 550 g/mol. The van der Waals surface area contributed by atoms with Crippen LogP contribution in [0.3, 0.4) is 0 Å². The first-order valence-corrected chi connectivity index (χ1v) is 14.7. The summed E-state index contributed by atoms with van der Waals surface area (Å²) in [6, 6.07) is 14.3. The van der Waals surface area contributed by atoms with Crippen molar-refractivity contribution in [3.05, 3.63) is 65.2 Å². The Morgan fingerprint density at radius 3 is 2.33 bits per heavy atom. The van der Waals surface area contributed by atoms with Crippen LogP contribution in [0.25, 0.3) is 0 Å². The van der Waals surface area contributed by atoms with E-state index in [1.54, 1.807) is 16.7 Å². The number of aryl methyl sites for hydroxylation is 2. The van der Waals surface area contributed by atoms with Crippen molar-refractivity contribution in [3.63, 3.8) is 0 Å². The molecule has 3 saturated heterocycles. The lowest BCUT2D eigenvalue weighted by molar-refractivity contribution is -0.143. The van der Waals surface area contributed by atoms with Gasteiger partial charge in [0.25, 0.3) is 0 Å². The van der Waals surface area contributed by atoms with Gasteiger partial charge in [0.1, 0.15) is 6.04 Å². The van der Waals surface area contributed by atoms with Crippen LogP contribution in [0.2, 0.25) is 0 Å². The van der Waals surface area contributed by atoms with Crippen LogP contribution in [0.5, 0.6) is 0 Å². The molecule has 208 valence electrons. The quantitative estimate of drug-likeness (QED) is 0.461. The topological polar surface area (TPSA) is 98.7 Å². The van der Waals surface area contributed by atoms with Crippen LogP contribution in [0.15, 0.2) is 48.5 Å². The van der Waals surface area contributed by atoms with Crippen molar-refractivity contribution in [3.8, 4) is 0 Å². The molecule has 39 heavy (non-hydrogen) atoms. The van der Waals surface area contributed by atoms with E-state index in [1.165, 1.54) is 0 Å². The predicted octanol–water partition coefficient (Wildman–Crippen LogP) is 4.06. The van der Waals surface area contributed by atoms with E-state index in [1.807, 2.05) is 76.2 Å². The molecule has 0 aliphatic carbocycles. The van der Waals surface area contributed by atoms with E-state index in [4.69, 9.17) is 0 Å². The summed E-state index contributed by atoms with van der Waals surface area (Å²) in [4.78, 5) is 44.0. The van der Waals surface area contributed by atoms with Crippen molar-refractivity contribution >= 4 is 35.2 Å². The smallest absolute Gasteiger partial charge is 0.248 e. The highest BCUT2D eigenvalue weighted by atomic mass is 32.2. The molecule has 5 rings (SSSR count). The Balaban J connectivity index is 1.52. The van der Waals surface area contributed by atoms with Gasteiger partial charge in [-0.15, -0.1) is 11.8 Å². The van der Waals surface area contributed by atoms with Crippen molar-refractivity contribution < 1.29 is 19.5 Å². The fourth-order valence-electron chi connectivity index (χ4n) is 7.14. The van der Waals surface area contributed by atoms with Crippen LogP contribution in [0.4, 0.5) is 5.69 Å². The zero-order valence-electron chi connectivity index (χ0n) is 23.4. The van der Waals surface area contributed by atoms with E-state index in [0.29, 0.717) is 13.0 Å². The standard InChI is InChI=1S/C31H39N3O4S/c1-18(2)22(17-35)34-26(28(37)33-25-19(3)10-9-11-20(25)4)31-15-14-30(5,39-31)23(24(31)29(34)38)27(36)32-16-21-12-7-6-8-13-21/h6-13,18,22-24,26,35H,14-17H2,1-5H3,(H,32,36)(H,33,37)/t22-,23-,24-,26?,30+,31?/m0/s1. The number of aliphatic hydroxyl groups is 1. The van der Waals surface area contributed by atoms with Gasteiger partial charge in [0.05, 0.1) is 29.2 Å². The van der Waals surface area contributed by atoms with Crippen molar-refractivity contribution in [1.29, 1.82) is 0 Å². The van der Waals surface area contributed by atoms with Crippen molar-refractivity contribution in [2.75, 3.05) is 11.9 Å². The van der Waals surface area contributed by atoms with Gasteiger partial charge in [-0.1, -0.05) is 62.4 Å². The first-order valence-electron chi connectivity index (χ1n) is 13.9. The Labute approximate surface area is 235 Å². The lowest BCUT2D eigenvalue weighted by Gasteiger charge is -2.38. The number of fused-ring (bicyclic) bond motifs is 1. The van der Waals surface area contributed by atoms with E-state index in [-0.39, 0.29) is 30.2 Å². The minimum atomic E-state index is -0.785. The number of carbonyl (C=O) groups is 3. The molecule has 2 bridgehead atoms. The number of hydrogen-bond donors (Lipinski definition) is 3. The minimum Gasteiger partial charge on any atom is -0.394 e. The van der Waals surface area contributed by atoms with Crippen LogP contribution in [0.1, 0.15) is 50.3 Å². The fourth-order valence-corrected chi connectivity index (χ4v) is 9.48. The maximum absolute atomic E-state index is 14.4. The number of nitrogens with one attached hydrogen (secondary N) is 2. The molecule has 3 fully saturated rings. The number of anilines is 1. The monoisotopic (exact) mass is 549 g/mol. The van der Waals surface area contributed by atoms with Gasteiger partial charge in [-0.2, -0.15) is 0 Å². The number of hydrogen-bond acceptors (Lipinski definition) is 5. The summed E-state index contributed by atoms with van der Waals surface area (Å²) in [6.45, 7) is 10.0. The van der Waals surface area contributed by atoms with Gasteiger partial charge in [-0.25, -0.2) is 0 Å². The minimum absolute atomic E-state index is 0.0622. The predicted molar refractivity (Wildman–Crippen MR) is 154 cm³/mol. The zero-order chi connectivity index (χ0) is 28.1. The largest absolute Gasteiger partial charge is 0.394 e. The molecular weight excluding hydrogens is 510 g/mol. The highest BCUT2D eigenvalue weighted by Crippen LogP contribution is 2.71. The fraction of sp³-hybridized carbons (Fsp3) is 0.516. The van der Waals surface area contributed by atoms with Crippen LogP contribution in [-0.2, 0) is 20.9 Å². The molecule has 3 amide bonds. The molecule has 0 aromatic heterocycles. The van der Waals surface area contributed by atoms with E-state index in [0.717, 1.165) is 28.8 Å². The first-order chi connectivity index (χ1) is 18.5. The van der Waals surface area contributed by atoms with Gasteiger partial charge < -0.3 is 20.6 Å². The third-order valence-electron chi connectivity index (χ3n) is 9.10. The Morgan fingerprint density at radius 1 is 1.05 bits per heavy atom. The number of aliphatic hydroxyl groups excluding tert-OH is 1. The Bertz CT molecular complexity index is 1260. The second-order valence-corrected chi connectivity index (χ2v) is 13.8. The molecule has 2 aromatic carbocycles. The summed E-state index contributed by atoms with van der Waals surface area (Å²) in [7, 11) is 0. The molecule has 3 aliphatic rings. The van der Waals surface area contributed by atoms with Crippen LogP contribution in [-0.4, -0.2) is 55.9 Å². The Morgan fingerprint density at radius 2 is 1.72 bits per heavy atom. The first kappa shape index (κ1) is 27.7. The maximum Gasteiger partial charge on any atom is 0.248 e. The van der Waals surface area contributed by atoms with Crippen LogP contribution < -0.4 is 10.6 Å². The Kier molecular flexibility index (Phi) is 7.31. The Hall–Kier alpha value is -2.84. The number of nitrogens with zero attached hydrogens (tertiary/aromatic N) is 1. The summed E-state index contributed by atoms with van der Waals surface area (Å²) in [5.41, 5.74) is 3.64. The third-order valence-corrected chi connectivity index (χ3v) is 11.1. The van der Waals surface area contributed by atoms with E-state index in [2.05, 4.69) is 17.6 Å². The van der Waals surface area contributed by atoms with E-state index in [9.17, 15) is 19.5 Å². The maximum atomic E-state index is 14.4. The molecule has 1 spiro atoms. The lowest BCUT2D eigenvalue weighted by Crippen LogP contribution is -2.56. The number of benzene rings is 2. The van der Waals surface area contributed by atoms with Gasteiger partial charge >= 0.3 is 0 Å². The molecule has 7 nitrogen and oxygen atoms in total. The van der Waals surface area contributed by atoms with Gasteiger partial charge in [0.15, 0.2) is 0 Å². The number of para-hydroxylation sites is 1. The molecule has 0 radical (unpaired) electrons. The van der Waals surface area contributed by atoms with Crippen LogP contribution in [0, 0.1) is 31.6 Å².